The Morgan fingerprint density at radius 1 is 1.19 bits per heavy atom. The highest BCUT2D eigenvalue weighted by Crippen LogP contribution is 2.48. The first-order valence-corrected chi connectivity index (χ1v) is 11.7. The van der Waals surface area contributed by atoms with Crippen molar-refractivity contribution in [2.75, 3.05) is 31.5 Å². The summed E-state index contributed by atoms with van der Waals surface area (Å²) in [5, 5.41) is 6.41. The number of anilines is 1. The molecule has 3 aliphatic heterocycles. The summed E-state index contributed by atoms with van der Waals surface area (Å²) >= 11 is 6.56. The van der Waals surface area contributed by atoms with Crippen molar-refractivity contribution in [3.8, 4) is 0 Å². The molecule has 0 unspecified atom stereocenters. The number of urea groups is 1. The van der Waals surface area contributed by atoms with Crippen LogP contribution >= 0.6 is 11.6 Å². The fraction of sp³-hybridized carbons (Fsp3) is 0.591. The van der Waals surface area contributed by atoms with Crippen molar-refractivity contribution in [1.29, 1.82) is 0 Å². The van der Waals surface area contributed by atoms with Gasteiger partial charge in [-0.15, -0.1) is 0 Å². The van der Waals surface area contributed by atoms with E-state index in [1.54, 1.807) is 6.07 Å². The van der Waals surface area contributed by atoms with Crippen LogP contribution in [0, 0.1) is 0 Å². The molecule has 0 bridgehead atoms. The Morgan fingerprint density at radius 3 is 2.87 bits per heavy atom. The third-order valence-corrected chi connectivity index (χ3v) is 7.77. The molecule has 3 amide bonds. The van der Waals surface area contributed by atoms with Gasteiger partial charge in [-0.1, -0.05) is 30.9 Å². The average molecular weight is 444 g/mol. The molecule has 3 fully saturated rings. The lowest BCUT2D eigenvalue weighted by atomic mass is 9.74. The van der Waals surface area contributed by atoms with Gasteiger partial charge >= 0.3 is 11.9 Å². The van der Waals surface area contributed by atoms with E-state index in [0.717, 1.165) is 63.7 Å². The monoisotopic (exact) mass is 443 g/mol. The Labute approximate surface area is 185 Å². The maximum atomic E-state index is 13.3. The van der Waals surface area contributed by atoms with Crippen LogP contribution in [0.15, 0.2) is 10.5 Å². The molecule has 2 saturated heterocycles. The van der Waals surface area contributed by atoms with E-state index >= 15 is 0 Å². The number of aromatic nitrogens is 1. The average Bonchev–Trinajstić information content (AvgIpc) is 3.40. The number of nitrogens with zero attached hydrogens (tertiary/aromatic N) is 3. The van der Waals surface area contributed by atoms with E-state index in [2.05, 4.69) is 20.5 Å². The van der Waals surface area contributed by atoms with Crippen LogP contribution in [0.25, 0.3) is 11.1 Å². The molecule has 1 spiro atoms. The molecular formula is C22H26ClN5O3. The second-order valence-electron chi connectivity index (χ2n) is 9.28. The SMILES string of the molecule is O=C1Nc2c(Cl)cc3nc(C(=O)N4CCN5CCC[C@@H]5C4)oc3c2C2(CCCCC2)N1. The highest BCUT2D eigenvalue weighted by atomic mass is 35.5. The number of carbonyl (C=O) groups is 2. The van der Waals surface area contributed by atoms with Crippen LogP contribution in [0.3, 0.4) is 0 Å². The van der Waals surface area contributed by atoms with Crippen LogP contribution in [0.4, 0.5) is 10.5 Å². The fourth-order valence-corrected chi connectivity index (χ4v) is 6.22. The number of benzene rings is 1. The van der Waals surface area contributed by atoms with Gasteiger partial charge < -0.3 is 20.0 Å². The molecule has 0 radical (unpaired) electrons. The highest BCUT2D eigenvalue weighted by molar-refractivity contribution is 6.35. The van der Waals surface area contributed by atoms with Crippen molar-refractivity contribution in [2.45, 2.75) is 56.5 Å². The zero-order valence-corrected chi connectivity index (χ0v) is 18.1. The van der Waals surface area contributed by atoms with Crippen LogP contribution in [0.2, 0.25) is 5.02 Å². The molecule has 2 aromatic rings. The first-order valence-electron chi connectivity index (χ1n) is 11.3. The number of oxazole rings is 1. The minimum Gasteiger partial charge on any atom is -0.432 e. The zero-order valence-electron chi connectivity index (χ0n) is 17.4. The van der Waals surface area contributed by atoms with Crippen molar-refractivity contribution < 1.29 is 14.0 Å². The van der Waals surface area contributed by atoms with Gasteiger partial charge in [0.2, 0.25) is 0 Å². The lowest BCUT2D eigenvalue weighted by Crippen LogP contribution is -2.52. The summed E-state index contributed by atoms with van der Waals surface area (Å²) in [6.45, 7) is 3.43. The van der Waals surface area contributed by atoms with Gasteiger partial charge in [0, 0.05) is 31.2 Å². The van der Waals surface area contributed by atoms with E-state index < -0.39 is 5.54 Å². The van der Waals surface area contributed by atoms with E-state index in [1.807, 2.05) is 4.90 Å². The number of rotatable bonds is 1. The minimum absolute atomic E-state index is 0.105. The van der Waals surface area contributed by atoms with Gasteiger partial charge in [0.15, 0.2) is 5.58 Å². The van der Waals surface area contributed by atoms with Crippen molar-refractivity contribution in [2.24, 2.45) is 0 Å². The molecule has 4 aliphatic rings. The minimum atomic E-state index is -0.533. The van der Waals surface area contributed by atoms with Gasteiger partial charge in [-0.25, -0.2) is 9.78 Å². The number of piperazine rings is 1. The Hall–Kier alpha value is -2.32. The van der Waals surface area contributed by atoms with E-state index in [4.69, 9.17) is 16.0 Å². The van der Waals surface area contributed by atoms with Crippen molar-refractivity contribution in [1.82, 2.24) is 20.1 Å². The number of hydrogen-bond acceptors (Lipinski definition) is 5. The third kappa shape index (κ3) is 3.03. The van der Waals surface area contributed by atoms with E-state index in [-0.39, 0.29) is 17.8 Å². The molecule has 6 rings (SSSR count). The number of halogens is 1. The van der Waals surface area contributed by atoms with Gasteiger partial charge in [-0.3, -0.25) is 9.69 Å². The summed E-state index contributed by atoms with van der Waals surface area (Å²) in [7, 11) is 0. The van der Waals surface area contributed by atoms with Crippen LogP contribution in [-0.4, -0.2) is 58.9 Å². The Morgan fingerprint density at radius 2 is 2.03 bits per heavy atom. The molecule has 1 aromatic heterocycles. The summed E-state index contributed by atoms with van der Waals surface area (Å²) < 4.78 is 6.14. The standard InChI is InChI=1S/C22H26ClN5O3/c23-14-11-15-18(16-17(14)25-21(30)26-22(16)6-2-1-3-7-22)31-19(24-15)20(29)28-10-9-27-8-4-5-13(27)12-28/h11,13H,1-10,12H2,(H2,25,26,30)/t13-/m1/s1. The molecule has 2 N–H and O–H groups in total. The molecular weight excluding hydrogens is 418 g/mol. The van der Waals surface area contributed by atoms with E-state index in [9.17, 15) is 9.59 Å². The Balaban J connectivity index is 1.41. The summed E-state index contributed by atoms with van der Waals surface area (Å²) in [4.78, 5) is 34.5. The van der Waals surface area contributed by atoms with Gasteiger partial charge in [-0.05, 0) is 38.3 Å². The van der Waals surface area contributed by atoms with Crippen molar-refractivity contribution >= 4 is 40.3 Å². The van der Waals surface area contributed by atoms with Crippen LogP contribution < -0.4 is 10.6 Å². The molecule has 1 aromatic carbocycles. The Kier molecular flexibility index (Phi) is 4.44. The van der Waals surface area contributed by atoms with Crippen LogP contribution in [0.5, 0.6) is 0 Å². The topological polar surface area (TPSA) is 90.7 Å². The number of hydrogen-bond donors (Lipinski definition) is 2. The second-order valence-corrected chi connectivity index (χ2v) is 9.69. The summed E-state index contributed by atoms with van der Waals surface area (Å²) in [5.41, 5.74) is 2.00. The summed E-state index contributed by atoms with van der Waals surface area (Å²) in [5.74, 6) is -0.0631. The number of fused-ring (bicyclic) bond motifs is 5. The van der Waals surface area contributed by atoms with Crippen LogP contribution in [0.1, 0.15) is 61.2 Å². The third-order valence-electron chi connectivity index (χ3n) is 7.47. The molecule has 8 nitrogen and oxygen atoms in total. The molecule has 1 aliphatic carbocycles. The molecule has 164 valence electrons. The summed E-state index contributed by atoms with van der Waals surface area (Å²) in [6.07, 6.45) is 7.12. The van der Waals surface area contributed by atoms with Gasteiger partial charge in [-0.2, -0.15) is 0 Å². The van der Waals surface area contributed by atoms with Gasteiger partial charge in [0.1, 0.15) is 5.52 Å². The lowest BCUT2D eigenvalue weighted by Gasteiger charge is -2.42. The summed E-state index contributed by atoms with van der Waals surface area (Å²) in [6, 6.07) is 1.88. The van der Waals surface area contributed by atoms with Gasteiger partial charge in [0.25, 0.3) is 5.89 Å². The van der Waals surface area contributed by atoms with Crippen LogP contribution in [-0.2, 0) is 5.54 Å². The van der Waals surface area contributed by atoms with E-state index in [0.29, 0.717) is 34.4 Å². The lowest BCUT2D eigenvalue weighted by molar-refractivity contribution is 0.0536. The highest BCUT2D eigenvalue weighted by Gasteiger charge is 2.44. The maximum absolute atomic E-state index is 13.3. The molecule has 31 heavy (non-hydrogen) atoms. The molecule has 1 saturated carbocycles. The number of nitrogens with one attached hydrogen (secondary N) is 2. The first kappa shape index (κ1) is 19.4. The fourth-order valence-electron chi connectivity index (χ4n) is 5.97. The quantitative estimate of drug-likeness (QED) is 0.701. The molecule has 9 heteroatoms. The number of carbonyl (C=O) groups excluding carboxylic acids is 2. The predicted molar refractivity (Wildman–Crippen MR) is 116 cm³/mol. The van der Waals surface area contributed by atoms with E-state index in [1.165, 1.54) is 6.42 Å². The van der Waals surface area contributed by atoms with Crippen molar-refractivity contribution in [3.05, 3.63) is 22.5 Å². The van der Waals surface area contributed by atoms with Gasteiger partial charge in [0.05, 0.1) is 16.2 Å². The normalized spacial score (nSPS) is 25.3. The molecule has 4 heterocycles. The Bertz CT molecular complexity index is 1080. The zero-order chi connectivity index (χ0) is 21.2. The largest absolute Gasteiger partial charge is 0.432 e. The number of amides is 3. The molecule has 1 atom stereocenters. The smallest absolute Gasteiger partial charge is 0.319 e. The first-order chi connectivity index (χ1) is 15.0. The van der Waals surface area contributed by atoms with Crippen molar-refractivity contribution in [3.63, 3.8) is 0 Å². The predicted octanol–water partition coefficient (Wildman–Crippen LogP) is 3.70. The second kappa shape index (κ2) is 7.10. The maximum Gasteiger partial charge on any atom is 0.319 e.